The smallest absolute Gasteiger partial charge is 0.316 e. The van der Waals surface area contributed by atoms with Crippen molar-refractivity contribution >= 4 is 15.9 Å². The van der Waals surface area contributed by atoms with E-state index in [-0.39, 0.29) is 0 Å². The minimum atomic E-state index is -3.17. The van der Waals surface area contributed by atoms with Gasteiger partial charge in [-0.05, 0) is 29.6 Å². The topological polar surface area (TPSA) is 35.0 Å². The monoisotopic (exact) mass is 223 g/mol. The summed E-state index contributed by atoms with van der Waals surface area (Å²) in [6.45, 7) is -6.34. The Labute approximate surface area is 83.8 Å². The molecule has 0 unspecified atom stereocenters. The summed E-state index contributed by atoms with van der Waals surface area (Å²) in [6.07, 6.45) is -0.614. The minimum Gasteiger partial charge on any atom is -0.461 e. The van der Waals surface area contributed by atoms with E-state index >= 15 is 0 Å². The third-order valence-corrected chi connectivity index (χ3v) is 1.20. The molecule has 0 saturated heterocycles. The van der Waals surface area contributed by atoms with Gasteiger partial charge in [0.05, 0.1) is 11.9 Å². The summed E-state index contributed by atoms with van der Waals surface area (Å²) in [5.74, 6) is 0. The van der Waals surface area contributed by atoms with E-state index in [2.05, 4.69) is 30.6 Å². The zero-order chi connectivity index (χ0) is 14.2. The molecule has 1 rings (SSSR count). The van der Waals surface area contributed by atoms with E-state index in [0.717, 1.165) is 0 Å². The van der Waals surface area contributed by atoms with Crippen molar-refractivity contribution in [3.63, 3.8) is 0 Å². The van der Waals surface area contributed by atoms with Crippen LogP contribution in [0.4, 0.5) is 0 Å². The fourth-order valence-electron chi connectivity index (χ4n) is 0.444. The first kappa shape index (κ1) is 3.01. The van der Waals surface area contributed by atoms with E-state index in [9.17, 15) is 0 Å². The predicted molar refractivity (Wildman–Crippen MR) is 45.5 cm³/mol. The molecule has 0 aliphatic heterocycles. The van der Waals surface area contributed by atoms with Gasteiger partial charge < -0.3 is 4.74 Å². The summed E-state index contributed by atoms with van der Waals surface area (Å²) in [5.41, 5.74) is 0. The van der Waals surface area contributed by atoms with Crippen molar-refractivity contribution in [2.24, 2.45) is 0 Å². The van der Waals surface area contributed by atoms with Crippen LogP contribution < -0.4 is 4.74 Å². The van der Waals surface area contributed by atoms with Crippen LogP contribution in [0.15, 0.2) is 16.9 Å². The van der Waals surface area contributed by atoms with Gasteiger partial charge in [0, 0.05) is 20.6 Å². The molecule has 0 saturated carbocycles. The van der Waals surface area contributed by atoms with E-state index in [1.54, 1.807) is 0 Å². The van der Waals surface area contributed by atoms with Crippen LogP contribution in [0.3, 0.4) is 0 Å². The standard InChI is InChI=1S/C7H9BrN2O/c1-5(2)11-7-9-3-6(8)4-10-7/h3-5H,1-2H3/i1D3,2D3,5D. The Hall–Kier alpha value is -0.640. The normalized spacial score (nSPS) is 22.8. The van der Waals surface area contributed by atoms with Gasteiger partial charge in [-0.3, -0.25) is 0 Å². The average molecular weight is 224 g/mol. The fourth-order valence-corrected chi connectivity index (χ4v) is 0.649. The Balaban J connectivity index is 3.12. The number of rotatable bonds is 2. The first-order valence-corrected chi connectivity index (χ1v) is 3.43. The number of hydrogen-bond donors (Lipinski definition) is 0. The van der Waals surface area contributed by atoms with E-state index in [1.165, 1.54) is 12.4 Å². The van der Waals surface area contributed by atoms with E-state index < -0.39 is 25.8 Å². The Morgan fingerprint density at radius 1 is 1.64 bits per heavy atom. The molecule has 0 fully saturated rings. The molecule has 0 atom stereocenters. The fraction of sp³-hybridized carbons (Fsp3) is 0.429. The molecule has 0 aliphatic carbocycles. The maximum atomic E-state index is 7.58. The third kappa shape index (κ3) is 2.84. The summed E-state index contributed by atoms with van der Waals surface area (Å²) in [6, 6.07) is -0.486. The highest BCUT2D eigenvalue weighted by molar-refractivity contribution is 9.10. The molecule has 0 aliphatic rings. The molecule has 1 aromatic heterocycles. The Bertz CT molecular complexity index is 401. The molecule has 60 valence electrons. The zero-order valence-electron chi connectivity index (χ0n) is 12.3. The molecule has 4 heteroatoms. The number of halogens is 1. The lowest BCUT2D eigenvalue weighted by Crippen LogP contribution is -2.07. The van der Waals surface area contributed by atoms with Crippen molar-refractivity contribution in [3.8, 4) is 6.01 Å². The molecule has 0 N–H and O–H groups in total. The van der Waals surface area contributed by atoms with Crippen LogP contribution in [0.1, 0.15) is 23.3 Å². The second kappa shape index (κ2) is 3.67. The molecular formula is C7H9BrN2O. The molecule has 1 aromatic rings. The summed E-state index contributed by atoms with van der Waals surface area (Å²) < 4.78 is 55.5. The number of ether oxygens (including phenoxy) is 1. The van der Waals surface area contributed by atoms with Gasteiger partial charge in [-0.15, -0.1) is 0 Å². The lowest BCUT2D eigenvalue weighted by Gasteiger charge is -2.05. The van der Waals surface area contributed by atoms with Gasteiger partial charge in [0.2, 0.25) is 0 Å². The van der Waals surface area contributed by atoms with Gasteiger partial charge in [0.25, 0.3) is 0 Å². The van der Waals surface area contributed by atoms with Gasteiger partial charge in [-0.1, -0.05) is 0 Å². The molecule has 0 aromatic carbocycles. The molecule has 0 spiro atoms. The number of aromatic nitrogens is 2. The van der Waals surface area contributed by atoms with Crippen molar-refractivity contribution in [1.29, 1.82) is 0 Å². The van der Waals surface area contributed by atoms with Crippen molar-refractivity contribution in [2.45, 2.75) is 19.8 Å². The van der Waals surface area contributed by atoms with Crippen LogP contribution in [0.2, 0.25) is 0 Å². The number of nitrogens with zero attached hydrogens (tertiary/aromatic N) is 2. The maximum absolute atomic E-state index is 7.58. The van der Waals surface area contributed by atoms with Crippen LogP contribution in [0.5, 0.6) is 6.01 Å². The zero-order valence-corrected chi connectivity index (χ0v) is 6.92. The summed E-state index contributed by atoms with van der Waals surface area (Å²) in [7, 11) is 0. The predicted octanol–water partition coefficient (Wildman–Crippen LogP) is 2.03. The summed E-state index contributed by atoms with van der Waals surface area (Å²) in [5, 5.41) is 0. The third-order valence-electron chi connectivity index (χ3n) is 0.790. The van der Waals surface area contributed by atoms with E-state index in [0.29, 0.717) is 4.47 Å². The molecule has 1 heterocycles. The summed E-state index contributed by atoms with van der Waals surface area (Å²) >= 11 is 3.05. The first-order chi connectivity index (χ1) is 7.97. The molecular weight excluding hydrogens is 208 g/mol. The second-order valence-corrected chi connectivity index (χ2v) is 2.53. The van der Waals surface area contributed by atoms with Gasteiger partial charge in [0.1, 0.15) is 0 Å². The minimum absolute atomic E-state index is 0.486. The lowest BCUT2D eigenvalue weighted by atomic mass is 10.5. The van der Waals surface area contributed by atoms with E-state index in [1.807, 2.05) is 0 Å². The van der Waals surface area contributed by atoms with Crippen LogP contribution in [0.25, 0.3) is 0 Å². The lowest BCUT2D eigenvalue weighted by molar-refractivity contribution is 0.222. The molecule has 0 bridgehead atoms. The summed E-state index contributed by atoms with van der Waals surface area (Å²) in [4.78, 5) is 7.18. The highest BCUT2D eigenvalue weighted by Gasteiger charge is 1.98. The van der Waals surface area contributed by atoms with Crippen molar-refractivity contribution in [2.75, 3.05) is 0 Å². The van der Waals surface area contributed by atoms with Crippen LogP contribution in [0, 0.1) is 0 Å². The highest BCUT2D eigenvalue weighted by atomic mass is 79.9. The average Bonchev–Trinajstić information content (AvgIpc) is 2.18. The molecule has 0 amide bonds. The van der Waals surface area contributed by atoms with Gasteiger partial charge >= 0.3 is 6.01 Å². The van der Waals surface area contributed by atoms with E-state index in [4.69, 9.17) is 9.60 Å². The van der Waals surface area contributed by atoms with Gasteiger partial charge in [0.15, 0.2) is 0 Å². The van der Waals surface area contributed by atoms with Gasteiger partial charge in [-0.25, -0.2) is 9.97 Å². The van der Waals surface area contributed by atoms with Crippen molar-refractivity contribution in [3.05, 3.63) is 16.9 Å². The van der Waals surface area contributed by atoms with Crippen molar-refractivity contribution < 1.29 is 14.3 Å². The second-order valence-electron chi connectivity index (χ2n) is 1.62. The first-order valence-electron chi connectivity index (χ1n) is 6.14. The van der Waals surface area contributed by atoms with Gasteiger partial charge in [-0.2, -0.15) is 0 Å². The Kier molecular flexibility index (Phi) is 1.00. The van der Waals surface area contributed by atoms with Crippen LogP contribution >= 0.6 is 15.9 Å². The quantitative estimate of drug-likeness (QED) is 0.770. The Morgan fingerprint density at radius 3 is 2.82 bits per heavy atom. The SMILES string of the molecule is [2H]C([2H])([2H])C([2H])(Oc1ncc(Br)cn1)C([2H])([2H])[2H]. The van der Waals surface area contributed by atoms with Crippen molar-refractivity contribution in [1.82, 2.24) is 9.97 Å². The largest absolute Gasteiger partial charge is 0.461 e. The highest BCUT2D eigenvalue weighted by Crippen LogP contribution is 2.08. The molecule has 3 nitrogen and oxygen atoms in total. The van der Waals surface area contributed by atoms with Crippen LogP contribution in [-0.2, 0) is 0 Å². The molecule has 11 heavy (non-hydrogen) atoms. The van der Waals surface area contributed by atoms with Crippen LogP contribution in [-0.4, -0.2) is 16.0 Å². The molecule has 0 radical (unpaired) electrons. The number of hydrogen-bond acceptors (Lipinski definition) is 3. The Morgan fingerprint density at radius 2 is 2.27 bits per heavy atom. The maximum Gasteiger partial charge on any atom is 0.316 e.